The lowest BCUT2D eigenvalue weighted by Gasteiger charge is -2.14. The number of nitrogens with zero attached hydrogens (tertiary/aromatic N) is 2. The zero-order chi connectivity index (χ0) is 19.7. The Kier molecular flexibility index (Phi) is 4.49. The molecule has 1 aromatic carbocycles. The van der Waals surface area contributed by atoms with Crippen molar-refractivity contribution in [3.63, 3.8) is 0 Å². The van der Waals surface area contributed by atoms with Crippen LogP contribution in [0.3, 0.4) is 0 Å². The van der Waals surface area contributed by atoms with Gasteiger partial charge in [-0.25, -0.2) is 9.88 Å². The number of pyridine rings is 1. The minimum absolute atomic E-state index is 0.193. The van der Waals surface area contributed by atoms with Gasteiger partial charge in [0.05, 0.1) is 18.2 Å². The van der Waals surface area contributed by atoms with E-state index in [9.17, 15) is 14.4 Å². The number of imide groups is 1. The molecule has 0 saturated carbocycles. The van der Waals surface area contributed by atoms with Crippen LogP contribution in [0, 0.1) is 0 Å². The van der Waals surface area contributed by atoms with Gasteiger partial charge in [-0.05, 0) is 55.3 Å². The van der Waals surface area contributed by atoms with Crippen molar-refractivity contribution in [2.24, 2.45) is 0 Å². The van der Waals surface area contributed by atoms with Crippen LogP contribution >= 0.6 is 0 Å². The molecule has 0 bridgehead atoms. The number of fused-ring (bicyclic) bond motifs is 1. The van der Waals surface area contributed by atoms with Gasteiger partial charge in [0.1, 0.15) is 11.6 Å². The largest absolute Gasteiger partial charge is 0.497 e. The Bertz CT molecular complexity index is 1040. The number of carbonyl (C=O) groups excluding carboxylic acids is 3. The number of benzene rings is 1. The molecule has 1 aliphatic carbocycles. The topological polar surface area (TPSA) is 88.6 Å². The van der Waals surface area contributed by atoms with Gasteiger partial charge >= 0.3 is 0 Å². The van der Waals surface area contributed by atoms with Gasteiger partial charge in [0.2, 0.25) is 0 Å². The summed E-state index contributed by atoms with van der Waals surface area (Å²) in [5, 5.41) is 2.84. The fourth-order valence-corrected chi connectivity index (χ4v) is 3.21. The first-order valence-corrected chi connectivity index (χ1v) is 8.78. The van der Waals surface area contributed by atoms with Crippen molar-refractivity contribution in [2.75, 3.05) is 12.0 Å². The molecular weight excluding hydrogens is 358 g/mol. The molecule has 140 valence electrons. The van der Waals surface area contributed by atoms with Gasteiger partial charge in [0.15, 0.2) is 0 Å². The Labute approximate surface area is 161 Å². The van der Waals surface area contributed by atoms with Crippen molar-refractivity contribution < 1.29 is 19.1 Å². The molecule has 7 nitrogen and oxygen atoms in total. The van der Waals surface area contributed by atoms with Crippen LogP contribution in [0.15, 0.2) is 66.2 Å². The van der Waals surface area contributed by atoms with E-state index in [0.29, 0.717) is 17.7 Å². The Morgan fingerprint density at radius 1 is 1.14 bits per heavy atom. The Balaban J connectivity index is 1.59. The number of nitrogens with one attached hydrogen (secondary N) is 1. The number of allylic oxidation sites excluding steroid dienone is 3. The highest BCUT2D eigenvalue weighted by atomic mass is 16.5. The number of carbonyl (C=O) groups is 3. The van der Waals surface area contributed by atoms with Crippen molar-refractivity contribution in [1.29, 1.82) is 0 Å². The van der Waals surface area contributed by atoms with Gasteiger partial charge in [0, 0.05) is 17.5 Å². The van der Waals surface area contributed by atoms with E-state index in [4.69, 9.17) is 4.74 Å². The van der Waals surface area contributed by atoms with Crippen molar-refractivity contribution in [1.82, 2.24) is 10.3 Å². The maximum absolute atomic E-state index is 12.8. The van der Waals surface area contributed by atoms with E-state index < -0.39 is 11.8 Å². The smallest absolute Gasteiger partial charge is 0.267 e. The predicted molar refractivity (Wildman–Crippen MR) is 102 cm³/mol. The van der Waals surface area contributed by atoms with Crippen molar-refractivity contribution >= 4 is 23.5 Å². The fourth-order valence-electron chi connectivity index (χ4n) is 3.21. The minimum atomic E-state index is -0.491. The zero-order valence-electron chi connectivity index (χ0n) is 15.1. The summed E-state index contributed by atoms with van der Waals surface area (Å²) in [5.74, 6) is -0.332. The first-order valence-electron chi connectivity index (χ1n) is 8.78. The van der Waals surface area contributed by atoms with Gasteiger partial charge in [-0.1, -0.05) is 6.07 Å². The fraction of sp³-hybridized carbons (Fsp3) is 0.143. The standard InChI is InChI=1S/C21H17N3O4/c1-28-15-6-4-5-14(12-15)23-19(25)13-8-9-16-17(11-13)21(27)24(20(16)26)18-7-2-3-10-22-18/h2-3,6-12H,4-5H2,1H3,(H,23,25). The van der Waals surface area contributed by atoms with Gasteiger partial charge in [0.25, 0.3) is 17.7 Å². The van der Waals surface area contributed by atoms with Crippen molar-refractivity contribution in [2.45, 2.75) is 12.8 Å². The number of amides is 3. The summed E-state index contributed by atoms with van der Waals surface area (Å²) in [6, 6.07) is 9.48. The lowest BCUT2D eigenvalue weighted by atomic mass is 10.0. The average molecular weight is 375 g/mol. The quantitative estimate of drug-likeness (QED) is 0.830. The average Bonchev–Trinajstić information content (AvgIpc) is 2.98. The van der Waals surface area contributed by atoms with Gasteiger partial charge in [-0.15, -0.1) is 0 Å². The molecular formula is C21H17N3O4. The molecule has 0 atom stereocenters. The summed E-state index contributed by atoms with van der Waals surface area (Å²) in [4.78, 5) is 43.1. The molecule has 1 aliphatic heterocycles. The second-order valence-electron chi connectivity index (χ2n) is 6.37. The normalized spacial score (nSPS) is 15.7. The number of aromatic nitrogens is 1. The van der Waals surface area contributed by atoms with E-state index >= 15 is 0 Å². The molecule has 28 heavy (non-hydrogen) atoms. The predicted octanol–water partition coefficient (Wildman–Crippen LogP) is 2.82. The van der Waals surface area contributed by atoms with Crippen LogP contribution in [-0.4, -0.2) is 29.8 Å². The van der Waals surface area contributed by atoms with E-state index in [0.717, 1.165) is 17.0 Å². The van der Waals surface area contributed by atoms with Gasteiger partial charge in [-0.2, -0.15) is 0 Å². The highest BCUT2D eigenvalue weighted by molar-refractivity contribution is 6.34. The van der Waals surface area contributed by atoms with Crippen molar-refractivity contribution in [3.05, 3.63) is 82.9 Å². The molecule has 2 aliphatic rings. The van der Waals surface area contributed by atoms with Crippen LogP contribution in [-0.2, 0) is 4.74 Å². The van der Waals surface area contributed by atoms with Crippen LogP contribution in [0.4, 0.5) is 5.82 Å². The molecule has 1 N–H and O–H groups in total. The monoisotopic (exact) mass is 375 g/mol. The number of anilines is 1. The van der Waals surface area contributed by atoms with Crippen molar-refractivity contribution in [3.8, 4) is 0 Å². The first kappa shape index (κ1) is 17.7. The van der Waals surface area contributed by atoms with Crippen LogP contribution in [0.25, 0.3) is 0 Å². The molecule has 4 rings (SSSR count). The highest BCUT2D eigenvalue weighted by Gasteiger charge is 2.37. The second-order valence-corrected chi connectivity index (χ2v) is 6.37. The third kappa shape index (κ3) is 3.07. The summed E-state index contributed by atoms with van der Waals surface area (Å²) in [6.07, 6.45) is 6.69. The Hall–Kier alpha value is -3.74. The summed E-state index contributed by atoms with van der Waals surface area (Å²) in [7, 11) is 1.57. The zero-order valence-corrected chi connectivity index (χ0v) is 15.1. The van der Waals surface area contributed by atoms with Gasteiger partial charge < -0.3 is 10.1 Å². The Morgan fingerprint density at radius 3 is 2.71 bits per heavy atom. The SMILES string of the molecule is COC1=CCCC(NC(=O)c2ccc3c(c2)C(=O)N(c2ccccn2)C3=O)=C1. The van der Waals surface area contributed by atoms with E-state index in [1.165, 1.54) is 24.4 Å². The summed E-state index contributed by atoms with van der Waals surface area (Å²) in [5.41, 5.74) is 1.49. The number of hydrogen-bond donors (Lipinski definition) is 1. The molecule has 2 aromatic rings. The third-order valence-electron chi connectivity index (χ3n) is 4.61. The molecule has 0 fully saturated rings. The second kappa shape index (κ2) is 7.11. The number of ether oxygens (including phenoxy) is 1. The summed E-state index contributed by atoms with van der Waals surface area (Å²) in [6.45, 7) is 0. The summed E-state index contributed by atoms with van der Waals surface area (Å²) >= 11 is 0. The minimum Gasteiger partial charge on any atom is -0.497 e. The molecule has 0 spiro atoms. The number of methoxy groups -OCH3 is 1. The van der Waals surface area contributed by atoms with Gasteiger partial charge in [-0.3, -0.25) is 14.4 Å². The van der Waals surface area contributed by atoms with E-state index in [-0.39, 0.29) is 22.9 Å². The molecule has 0 unspecified atom stereocenters. The van der Waals surface area contributed by atoms with Crippen LogP contribution in [0.5, 0.6) is 0 Å². The lowest BCUT2D eigenvalue weighted by molar-refractivity contribution is 0.0923. The Morgan fingerprint density at radius 2 is 1.96 bits per heavy atom. The van der Waals surface area contributed by atoms with E-state index in [2.05, 4.69) is 10.3 Å². The first-order chi connectivity index (χ1) is 13.6. The van der Waals surface area contributed by atoms with Crippen LogP contribution in [0.2, 0.25) is 0 Å². The van der Waals surface area contributed by atoms with E-state index in [1.54, 1.807) is 31.4 Å². The van der Waals surface area contributed by atoms with Crippen LogP contribution in [0.1, 0.15) is 43.9 Å². The summed E-state index contributed by atoms with van der Waals surface area (Å²) < 4.78 is 5.19. The highest BCUT2D eigenvalue weighted by Crippen LogP contribution is 2.28. The van der Waals surface area contributed by atoms with E-state index in [1.807, 2.05) is 6.08 Å². The maximum atomic E-state index is 12.8. The molecule has 7 heteroatoms. The molecule has 0 saturated heterocycles. The number of rotatable bonds is 4. The molecule has 1 aromatic heterocycles. The lowest BCUT2D eigenvalue weighted by Crippen LogP contribution is -2.30. The van der Waals surface area contributed by atoms with Crippen LogP contribution < -0.4 is 10.2 Å². The third-order valence-corrected chi connectivity index (χ3v) is 4.61. The maximum Gasteiger partial charge on any atom is 0.267 e. The molecule has 3 amide bonds. The number of hydrogen-bond acceptors (Lipinski definition) is 5. The molecule has 0 radical (unpaired) electrons. The molecule has 2 heterocycles.